The van der Waals surface area contributed by atoms with Crippen LogP contribution in [0.4, 0.5) is 0 Å². The second-order valence-electron chi connectivity index (χ2n) is 5.63. The van der Waals surface area contributed by atoms with E-state index < -0.39 is 21.7 Å². The summed E-state index contributed by atoms with van der Waals surface area (Å²) in [6.07, 6.45) is 0. The Labute approximate surface area is 146 Å². The van der Waals surface area contributed by atoms with Crippen molar-refractivity contribution in [3.8, 4) is 0 Å². The van der Waals surface area contributed by atoms with Crippen LogP contribution in [0.15, 0.2) is 17.7 Å². The van der Waals surface area contributed by atoms with Gasteiger partial charge in [0.15, 0.2) is 5.82 Å². The van der Waals surface area contributed by atoms with Crippen LogP contribution in [0.3, 0.4) is 0 Å². The first-order chi connectivity index (χ1) is 11.0. The lowest BCUT2D eigenvalue weighted by atomic mass is 9.96. The molecule has 0 saturated carbocycles. The zero-order valence-electron chi connectivity index (χ0n) is 15.7. The molecule has 8 nitrogen and oxygen atoms in total. The second-order valence-corrected chi connectivity index (χ2v) is 7.44. The van der Waals surface area contributed by atoms with Crippen LogP contribution in [0.5, 0.6) is 0 Å². The van der Waals surface area contributed by atoms with Gasteiger partial charge < -0.3 is 9.42 Å². The maximum absolute atomic E-state index is 11.7. The molecule has 0 saturated heterocycles. The standard InChI is InChI=1S/C11H20N4O4S.C2H6.C2H4.H2/c1-11(2,3)10-13-8(19-14-10)6-12-20(17,18)7-9(16)15(4)5;2*1-2;/h12H,6-7H2,1-5H3;1-2H3;1-2H2;1H. The lowest BCUT2D eigenvalue weighted by Crippen LogP contribution is -2.35. The normalized spacial score (nSPS) is 10.8. The molecule has 0 aromatic carbocycles. The van der Waals surface area contributed by atoms with Crippen molar-refractivity contribution in [3.63, 3.8) is 0 Å². The smallest absolute Gasteiger partial charge is 0.241 e. The third kappa shape index (κ3) is 9.41. The van der Waals surface area contributed by atoms with Gasteiger partial charge in [-0.2, -0.15) is 4.98 Å². The van der Waals surface area contributed by atoms with E-state index in [1.54, 1.807) is 0 Å². The number of nitrogens with one attached hydrogen (secondary N) is 1. The number of hydrogen-bond acceptors (Lipinski definition) is 6. The van der Waals surface area contributed by atoms with Gasteiger partial charge in [-0.05, 0) is 0 Å². The molecule has 142 valence electrons. The Morgan fingerprint density at radius 1 is 1.29 bits per heavy atom. The minimum absolute atomic E-state index is 0. The fourth-order valence-corrected chi connectivity index (χ4v) is 2.17. The summed E-state index contributed by atoms with van der Waals surface area (Å²) in [6.45, 7) is 15.6. The van der Waals surface area contributed by atoms with Crippen LogP contribution in [0.2, 0.25) is 0 Å². The van der Waals surface area contributed by atoms with Crippen LogP contribution in [0.1, 0.15) is 47.8 Å². The van der Waals surface area contributed by atoms with Crippen LogP contribution in [-0.2, 0) is 26.8 Å². The van der Waals surface area contributed by atoms with Gasteiger partial charge in [0.2, 0.25) is 21.8 Å². The topological polar surface area (TPSA) is 105 Å². The van der Waals surface area contributed by atoms with Gasteiger partial charge in [-0.1, -0.05) is 39.8 Å². The monoisotopic (exact) mass is 364 g/mol. The van der Waals surface area contributed by atoms with Gasteiger partial charge >= 0.3 is 0 Å². The van der Waals surface area contributed by atoms with Crippen molar-refractivity contribution in [2.45, 2.75) is 46.6 Å². The van der Waals surface area contributed by atoms with E-state index in [2.05, 4.69) is 28.0 Å². The van der Waals surface area contributed by atoms with Crippen LogP contribution < -0.4 is 4.72 Å². The Morgan fingerprint density at radius 2 is 1.79 bits per heavy atom. The lowest BCUT2D eigenvalue weighted by Gasteiger charge is -2.11. The summed E-state index contributed by atoms with van der Waals surface area (Å²) in [6, 6.07) is 0. The van der Waals surface area contributed by atoms with Gasteiger partial charge in [-0.25, -0.2) is 13.1 Å². The first-order valence-electron chi connectivity index (χ1n) is 7.52. The van der Waals surface area contributed by atoms with E-state index >= 15 is 0 Å². The number of hydrogen-bond donors (Lipinski definition) is 1. The summed E-state index contributed by atoms with van der Waals surface area (Å²) in [5, 5.41) is 3.78. The quantitative estimate of drug-likeness (QED) is 0.801. The predicted molar refractivity (Wildman–Crippen MR) is 97.0 cm³/mol. The number of rotatable bonds is 5. The van der Waals surface area contributed by atoms with E-state index in [4.69, 9.17) is 4.52 Å². The number of carbonyl (C=O) groups excluding carboxylic acids is 1. The van der Waals surface area contributed by atoms with Crippen LogP contribution in [0.25, 0.3) is 0 Å². The highest BCUT2D eigenvalue weighted by molar-refractivity contribution is 7.90. The van der Waals surface area contributed by atoms with Crippen LogP contribution in [-0.4, -0.2) is 49.2 Å². The Kier molecular flexibility index (Phi) is 11.2. The molecule has 1 aromatic rings. The fourth-order valence-electron chi connectivity index (χ4n) is 1.15. The molecular weight excluding hydrogens is 332 g/mol. The SMILES string of the molecule is C=C.CC.CN(C)C(=O)CS(=O)(=O)NCc1nc(C(C)(C)C)no1.[HH]. The number of aromatic nitrogens is 2. The molecule has 0 radical (unpaired) electrons. The highest BCUT2D eigenvalue weighted by Gasteiger charge is 2.22. The first kappa shape index (κ1) is 24.5. The maximum atomic E-state index is 11.7. The van der Waals surface area contributed by atoms with E-state index in [-0.39, 0.29) is 19.3 Å². The molecular formula is C15H32N4O4S. The van der Waals surface area contributed by atoms with Crippen molar-refractivity contribution in [1.82, 2.24) is 19.8 Å². The zero-order valence-corrected chi connectivity index (χ0v) is 16.5. The van der Waals surface area contributed by atoms with Gasteiger partial charge in [0.1, 0.15) is 5.75 Å². The van der Waals surface area contributed by atoms with Crippen molar-refractivity contribution in [3.05, 3.63) is 24.9 Å². The molecule has 1 aromatic heterocycles. The average molecular weight is 365 g/mol. The Morgan fingerprint density at radius 3 is 2.17 bits per heavy atom. The maximum Gasteiger partial charge on any atom is 0.241 e. The van der Waals surface area contributed by atoms with Gasteiger partial charge in [0.05, 0.1) is 6.54 Å². The molecule has 0 bridgehead atoms. The van der Waals surface area contributed by atoms with Crippen molar-refractivity contribution in [1.29, 1.82) is 0 Å². The highest BCUT2D eigenvalue weighted by atomic mass is 32.2. The molecule has 0 aliphatic heterocycles. The molecule has 9 heteroatoms. The molecule has 0 atom stereocenters. The number of sulfonamides is 1. The Hall–Kier alpha value is -1.74. The molecule has 24 heavy (non-hydrogen) atoms. The summed E-state index contributed by atoms with van der Waals surface area (Å²) < 4.78 is 30.6. The van der Waals surface area contributed by atoms with E-state index in [0.29, 0.717) is 5.82 Å². The van der Waals surface area contributed by atoms with E-state index in [9.17, 15) is 13.2 Å². The Balaban J connectivity index is -0.000000899. The molecule has 0 fully saturated rings. The average Bonchev–Trinajstić information content (AvgIpc) is 2.98. The molecule has 1 amide bonds. The molecule has 1 heterocycles. The van der Waals surface area contributed by atoms with Crippen molar-refractivity contribution in [2.24, 2.45) is 0 Å². The zero-order chi connectivity index (χ0) is 19.6. The summed E-state index contributed by atoms with van der Waals surface area (Å²) >= 11 is 0. The third-order valence-electron chi connectivity index (χ3n) is 2.39. The van der Waals surface area contributed by atoms with Crippen molar-refractivity contribution < 1.29 is 19.2 Å². The lowest BCUT2D eigenvalue weighted by molar-refractivity contribution is -0.125. The summed E-state index contributed by atoms with van der Waals surface area (Å²) in [4.78, 5) is 16.7. The molecule has 0 unspecified atom stereocenters. The van der Waals surface area contributed by atoms with Gasteiger partial charge in [0, 0.05) is 20.9 Å². The van der Waals surface area contributed by atoms with Gasteiger partial charge in [0.25, 0.3) is 0 Å². The number of amides is 1. The molecule has 0 aliphatic carbocycles. The van der Waals surface area contributed by atoms with Crippen LogP contribution >= 0.6 is 0 Å². The van der Waals surface area contributed by atoms with Gasteiger partial charge in [-0.3, -0.25) is 4.79 Å². The van der Waals surface area contributed by atoms with E-state index in [0.717, 1.165) is 0 Å². The fraction of sp³-hybridized carbons (Fsp3) is 0.667. The van der Waals surface area contributed by atoms with E-state index in [1.807, 2.05) is 34.6 Å². The first-order valence-corrected chi connectivity index (χ1v) is 9.17. The molecule has 0 aliphatic rings. The summed E-state index contributed by atoms with van der Waals surface area (Å²) in [7, 11) is -0.736. The minimum Gasteiger partial charge on any atom is -0.348 e. The molecule has 0 spiro atoms. The Bertz CT molecular complexity index is 595. The number of nitrogens with zero attached hydrogens (tertiary/aromatic N) is 3. The van der Waals surface area contributed by atoms with E-state index in [1.165, 1.54) is 19.0 Å². The summed E-state index contributed by atoms with van der Waals surface area (Å²) in [5.74, 6) is -0.453. The molecule has 1 N–H and O–H groups in total. The number of carbonyl (C=O) groups is 1. The largest absolute Gasteiger partial charge is 0.348 e. The van der Waals surface area contributed by atoms with Crippen LogP contribution in [0, 0.1) is 0 Å². The second kappa shape index (κ2) is 10.9. The van der Waals surface area contributed by atoms with Crippen molar-refractivity contribution in [2.75, 3.05) is 19.8 Å². The van der Waals surface area contributed by atoms with Gasteiger partial charge in [-0.15, -0.1) is 13.2 Å². The summed E-state index contributed by atoms with van der Waals surface area (Å²) in [5.41, 5.74) is -0.276. The third-order valence-corrected chi connectivity index (χ3v) is 3.61. The molecule has 1 rings (SSSR count). The minimum atomic E-state index is -3.72. The predicted octanol–water partition coefficient (Wildman–Crippen LogP) is 1.95. The van der Waals surface area contributed by atoms with Crippen molar-refractivity contribution >= 4 is 15.9 Å². The highest BCUT2D eigenvalue weighted by Crippen LogP contribution is 2.18.